The van der Waals surface area contributed by atoms with Crippen molar-refractivity contribution in [3.05, 3.63) is 30.1 Å². The molecule has 16 heavy (non-hydrogen) atoms. The maximum atomic E-state index is 12.7. The number of likely N-dealkylation sites (N-methyl/N-ethyl adjacent to an activating group) is 1. The molecule has 0 saturated carbocycles. The normalized spacial score (nSPS) is 16.2. The monoisotopic (exact) mass is 222 g/mol. The van der Waals surface area contributed by atoms with E-state index in [-0.39, 0.29) is 5.69 Å². The van der Waals surface area contributed by atoms with Crippen molar-refractivity contribution in [3.63, 3.8) is 0 Å². The minimum absolute atomic E-state index is 0.175. The number of hydrogen-bond donors (Lipinski definition) is 0. The van der Waals surface area contributed by atoms with Crippen LogP contribution in [0.5, 0.6) is 0 Å². The van der Waals surface area contributed by atoms with Crippen molar-refractivity contribution in [2.24, 2.45) is 0 Å². The Kier molecular flexibility index (Phi) is 2.19. The van der Waals surface area contributed by atoms with Gasteiger partial charge in [-0.25, -0.2) is 14.1 Å². The molecule has 82 valence electrons. The lowest BCUT2D eigenvalue weighted by atomic mass is 10.3. The quantitative estimate of drug-likeness (QED) is 0.520. The second kappa shape index (κ2) is 3.41. The van der Waals surface area contributed by atoms with Crippen LogP contribution < -0.4 is 4.90 Å². The molecule has 1 aliphatic rings. The van der Waals surface area contributed by atoms with E-state index in [2.05, 4.69) is 0 Å². The van der Waals surface area contributed by atoms with Gasteiger partial charge in [-0.05, 0) is 24.3 Å². The molecular weight excluding hydrogens is 215 g/mol. The molecule has 0 radical (unpaired) electrons. The number of hydrogen-bond acceptors (Lipinski definition) is 3. The third-order valence-corrected chi connectivity index (χ3v) is 2.25. The second-order valence-corrected chi connectivity index (χ2v) is 3.26. The summed E-state index contributed by atoms with van der Waals surface area (Å²) >= 11 is 0. The van der Waals surface area contributed by atoms with Crippen LogP contribution >= 0.6 is 0 Å². The fourth-order valence-electron chi connectivity index (χ4n) is 1.38. The molecule has 1 saturated heterocycles. The molecule has 0 unspecified atom stereocenters. The number of halogens is 1. The molecule has 0 aliphatic carbocycles. The van der Waals surface area contributed by atoms with Crippen molar-refractivity contribution in [2.45, 2.75) is 0 Å². The Hall–Kier alpha value is -2.24. The number of carbonyl (C=O) groups is 3. The molecule has 1 heterocycles. The molecule has 0 aromatic heterocycles. The Bertz CT molecular complexity index is 483. The second-order valence-electron chi connectivity index (χ2n) is 3.26. The van der Waals surface area contributed by atoms with Gasteiger partial charge in [0.2, 0.25) is 0 Å². The first-order chi connectivity index (χ1) is 7.52. The average Bonchev–Trinajstić information content (AvgIpc) is 2.46. The maximum absolute atomic E-state index is 12.7. The Morgan fingerprint density at radius 3 is 2.00 bits per heavy atom. The predicted molar refractivity (Wildman–Crippen MR) is 52.1 cm³/mol. The summed E-state index contributed by atoms with van der Waals surface area (Å²) in [7, 11) is 1.21. The van der Waals surface area contributed by atoms with E-state index < -0.39 is 23.7 Å². The van der Waals surface area contributed by atoms with E-state index >= 15 is 0 Å². The van der Waals surface area contributed by atoms with Gasteiger partial charge in [0.05, 0.1) is 5.69 Å². The van der Waals surface area contributed by atoms with Crippen LogP contribution in [-0.4, -0.2) is 29.8 Å². The van der Waals surface area contributed by atoms with Crippen LogP contribution in [0.15, 0.2) is 24.3 Å². The standard InChI is InChI=1S/C10H7FN2O3/c1-12-8(14)9(15)13(10(12)16)7-4-2-6(11)3-5-7/h2-5H,1H3. The van der Waals surface area contributed by atoms with E-state index in [0.717, 1.165) is 12.1 Å². The van der Waals surface area contributed by atoms with Gasteiger partial charge in [0, 0.05) is 7.05 Å². The highest BCUT2D eigenvalue weighted by Crippen LogP contribution is 2.21. The molecule has 0 spiro atoms. The van der Waals surface area contributed by atoms with Crippen LogP contribution in [0.2, 0.25) is 0 Å². The molecule has 5 nitrogen and oxygen atoms in total. The number of nitrogens with zero attached hydrogens (tertiary/aromatic N) is 2. The summed E-state index contributed by atoms with van der Waals surface area (Å²) in [4.78, 5) is 35.6. The first-order valence-corrected chi connectivity index (χ1v) is 4.44. The van der Waals surface area contributed by atoms with Crippen molar-refractivity contribution in [1.29, 1.82) is 0 Å². The molecule has 0 atom stereocenters. The Morgan fingerprint density at radius 1 is 1.00 bits per heavy atom. The lowest BCUT2D eigenvalue weighted by Gasteiger charge is -2.12. The summed E-state index contributed by atoms with van der Waals surface area (Å²) < 4.78 is 12.7. The third-order valence-electron chi connectivity index (χ3n) is 2.25. The van der Waals surface area contributed by atoms with Crippen molar-refractivity contribution < 1.29 is 18.8 Å². The number of urea groups is 1. The van der Waals surface area contributed by atoms with Gasteiger partial charge in [0.1, 0.15) is 5.82 Å². The molecular formula is C10H7FN2O3. The number of carbonyl (C=O) groups excluding carboxylic acids is 3. The minimum atomic E-state index is -0.931. The van der Waals surface area contributed by atoms with Crippen LogP contribution in [-0.2, 0) is 9.59 Å². The van der Waals surface area contributed by atoms with E-state index in [1.165, 1.54) is 19.2 Å². The predicted octanol–water partition coefficient (Wildman–Crippen LogP) is 0.751. The van der Waals surface area contributed by atoms with E-state index in [0.29, 0.717) is 9.80 Å². The molecule has 0 bridgehead atoms. The molecule has 1 aromatic carbocycles. The third kappa shape index (κ3) is 1.35. The van der Waals surface area contributed by atoms with Crippen molar-refractivity contribution in [3.8, 4) is 0 Å². The molecule has 2 rings (SSSR count). The first-order valence-electron chi connectivity index (χ1n) is 4.44. The first kappa shape index (κ1) is 10.3. The number of anilines is 1. The van der Waals surface area contributed by atoms with Gasteiger partial charge in [-0.15, -0.1) is 0 Å². The van der Waals surface area contributed by atoms with Crippen LogP contribution in [0.1, 0.15) is 0 Å². The Balaban J connectivity index is 2.42. The molecule has 1 aromatic rings. The van der Waals surface area contributed by atoms with Gasteiger partial charge in [-0.3, -0.25) is 14.5 Å². The lowest BCUT2D eigenvalue weighted by Crippen LogP contribution is -2.31. The van der Waals surface area contributed by atoms with E-state index in [9.17, 15) is 18.8 Å². The van der Waals surface area contributed by atoms with E-state index in [4.69, 9.17) is 0 Å². The zero-order valence-corrected chi connectivity index (χ0v) is 8.31. The highest BCUT2D eigenvalue weighted by atomic mass is 19.1. The smallest absolute Gasteiger partial charge is 0.263 e. The Labute approximate surface area is 90.1 Å². The van der Waals surface area contributed by atoms with E-state index in [1.54, 1.807) is 0 Å². The molecule has 1 fully saturated rings. The number of imide groups is 2. The molecule has 1 aliphatic heterocycles. The average molecular weight is 222 g/mol. The summed E-state index contributed by atoms with van der Waals surface area (Å²) in [5, 5.41) is 0. The number of rotatable bonds is 1. The van der Waals surface area contributed by atoms with Gasteiger partial charge in [0.15, 0.2) is 0 Å². The highest BCUT2D eigenvalue weighted by Gasteiger charge is 2.43. The van der Waals surface area contributed by atoms with Crippen molar-refractivity contribution in [2.75, 3.05) is 11.9 Å². The van der Waals surface area contributed by atoms with Gasteiger partial charge in [0.25, 0.3) is 0 Å². The summed E-state index contributed by atoms with van der Waals surface area (Å²) in [6.45, 7) is 0. The van der Waals surface area contributed by atoms with Crippen molar-refractivity contribution >= 4 is 23.5 Å². The number of benzene rings is 1. The largest absolute Gasteiger partial charge is 0.338 e. The van der Waals surface area contributed by atoms with Crippen LogP contribution in [0.4, 0.5) is 14.9 Å². The summed E-state index contributed by atoms with van der Waals surface area (Å²) in [5.74, 6) is -2.31. The van der Waals surface area contributed by atoms with Crippen LogP contribution in [0.3, 0.4) is 0 Å². The van der Waals surface area contributed by atoms with Gasteiger partial charge in [-0.2, -0.15) is 0 Å². The zero-order valence-electron chi connectivity index (χ0n) is 8.31. The van der Waals surface area contributed by atoms with Gasteiger partial charge in [-0.1, -0.05) is 0 Å². The zero-order chi connectivity index (χ0) is 11.9. The fraction of sp³-hybridized carbons (Fsp3) is 0.100. The fourth-order valence-corrected chi connectivity index (χ4v) is 1.38. The summed E-state index contributed by atoms with van der Waals surface area (Å²) in [5.41, 5.74) is 0.175. The SMILES string of the molecule is CN1C(=O)C(=O)N(c2ccc(F)cc2)C1=O. The van der Waals surface area contributed by atoms with Gasteiger partial charge < -0.3 is 0 Å². The molecule has 4 amide bonds. The topological polar surface area (TPSA) is 57.7 Å². The van der Waals surface area contributed by atoms with Gasteiger partial charge >= 0.3 is 17.8 Å². The summed E-state index contributed by atoms with van der Waals surface area (Å²) in [6, 6.07) is 4.01. The summed E-state index contributed by atoms with van der Waals surface area (Å²) in [6.07, 6.45) is 0. The Morgan fingerprint density at radius 2 is 1.56 bits per heavy atom. The lowest BCUT2D eigenvalue weighted by molar-refractivity contribution is -0.138. The van der Waals surface area contributed by atoms with E-state index in [1.807, 2.05) is 0 Å². The minimum Gasteiger partial charge on any atom is -0.263 e. The maximum Gasteiger partial charge on any atom is 0.338 e. The van der Waals surface area contributed by atoms with Crippen molar-refractivity contribution in [1.82, 2.24) is 4.90 Å². The highest BCUT2D eigenvalue weighted by molar-refractivity contribution is 6.52. The molecule has 0 N–H and O–H groups in total. The molecule has 6 heteroatoms. The number of amides is 4. The van der Waals surface area contributed by atoms with Crippen LogP contribution in [0, 0.1) is 5.82 Å². The van der Waals surface area contributed by atoms with Crippen LogP contribution in [0.25, 0.3) is 0 Å².